The van der Waals surface area contributed by atoms with Crippen LogP contribution in [0.15, 0.2) is 52.1 Å². The molecule has 4 N–H and O–H groups in total. The maximum atomic E-state index is 11.6. The second kappa shape index (κ2) is 7.87. The molecule has 0 aliphatic heterocycles. The molecule has 6 nitrogen and oxygen atoms in total. The lowest BCUT2D eigenvalue weighted by Gasteiger charge is -2.06. The van der Waals surface area contributed by atoms with Gasteiger partial charge in [-0.3, -0.25) is 9.79 Å². The number of hydrogen-bond donors (Lipinski definition) is 3. The van der Waals surface area contributed by atoms with Gasteiger partial charge < -0.3 is 20.8 Å². The molecule has 0 saturated heterocycles. The van der Waals surface area contributed by atoms with Crippen molar-refractivity contribution in [3.8, 4) is 0 Å². The summed E-state index contributed by atoms with van der Waals surface area (Å²) in [6.07, 6.45) is 2.46. The van der Waals surface area contributed by atoms with Gasteiger partial charge in [-0.15, -0.1) is 0 Å². The zero-order chi connectivity index (χ0) is 15.8. The Morgan fingerprint density at radius 3 is 2.68 bits per heavy atom. The van der Waals surface area contributed by atoms with Crippen LogP contribution in [0.2, 0.25) is 0 Å². The van der Waals surface area contributed by atoms with Gasteiger partial charge in [-0.1, -0.05) is 19.1 Å². The molecule has 0 saturated carbocycles. The topological polar surface area (TPSA) is 92.6 Å². The summed E-state index contributed by atoms with van der Waals surface area (Å²) < 4.78 is 4.99. The third kappa shape index (κ3) is 4.66. The lowest BCUT2D eigenvalue weighted by atomic mass is 10.1. The second-order valence-electron chi connectivity index (χ2n) is 4.68. The highest BCUT2D eigenvalue weighted by atomic mass is 16.3. The quantitative estimate of drug-likeness (QED) is 0.432. The predicted molar refractivity (Wildman–Crippen MR) is 87.0 cm³/mol. The molecule has 1 heterocycles. The third-order valence-corrected chi connectivity index (χ3v) is 3.06. The Hall–Kier alpha value is -2.76. The molecule has 0 aliphatic carbocycles. The summed E-state index contributed by atoms with van der Waals surface area (Å²) in [6, 6.07) is 11.3. The van der Waals surface area contributed by atoms with Crippen LogP contribution in [-0.2, 0) is 6.42 Å². The molecule has 0 bridgehead atoms. The molecule has 0 fully saturated rings. The number of nitrogens with one attached hydrogen (secondary N) is 2. The minimum absolute atomic E-state index is 0.262. The molecule has 1 amide bonds. The van der Waals surface area contributed by atoms with E-state index in [0.29, 0.717) is 19.0 Å². The summed E-state index contributed by atoms with van der Waals surface area (Å²) in [5.74, 6) is 0.337. The average Bonchev–Trinajstić information content (AvgIpc) is 3.06. The number of nitrogens with two attached hydrogens (primary N) is 1. The van der Waals surface area contributed by atoms with Crippen LogP contribution in [-0.4, -0.2) is 25.0 Å². The minimum atomic E-state index is -0.262. The molecule has 0 radical (unpaired) electrons. The van der Waals surface area contributed by atoms with Crippen LogP contribution >= 0.6 is 0 Å². The number of guanidine groups is 1. The first kappa shape index (κ1) is 15.6. The summed E-state index contributed by atoms with van der Waals surface area (Å²) in [4.78, 5) is 15.8. The lowest BCUT2D eigenvalue weighted by molar-refractivity contribution is 0.0927. The van der Waals surface area contributed by atoms with E-state index in [4.69, 9.17) is 10.2 Å². The molecule has 0 spiro atoms. The first-order valence-corrected chi connectivity index (χ1v) is 7.16. The fourth-order valence-corrected chi connectivity index (χ4v) is 1.85. The van der Waals surface area contributed by atoms with Gasteiger partial charge >= 0.3 is 0 Å². The standard InChI is InChI=1S/C16H20N4O2/c1-2-12-5-7-13(8-6-12)20-16(17)19-10-9-18-15(21)14-4-3-11-22-14/h3-8,11H,2,9-10H2,1H3,(H,18,21)(H3,17,19,20). The molecule has 2 rings (SSSR count). The maximum Gasteiger partial charge on any atom is 0.287 e. The SMILES string of the molecule is CCc1ccc(NC(N)=NCCNC(=O)c2ccco2)cc1. The Morgan fingerprint density at radius 2 is 2.05 bits per heavy atom. The zero-order valence-electron chi connectivity index (χ0n) is 12.5. The van der Waals surface area contributed by atoms with Crippen LogP contribution in [0.5, 0.6) is 0 Å². The van der Waals surface area contributed by atoms with Gasteiger partial charge in [-0.05, 0) is 36.2 Å². The third-order valence-electron chi connectivity index (χ3n) is 3.06. The van der Waals surface area contributed by atoms with Crippen molar-refractivity contribution in [3.05, 3.63) is 54.0 Å². The summed E-state index contributed by atoms with van der Waals surface area (Å²) in [7, 11) is 0. The number of anilines is 1. The maximum absolute atomic E-state index is 11.6. The fourth-order valence-electron chi connectivity index (χ4n) is 1.85. The van der Waals surface area contributed by atoms with E-state index in [1.165, 1.54) is 11.8 Å². The Bertz CT molecular complexity index is 618. The lowest BCUT2D eigenvalue weighted by Crippen LogP contribution is -2.28. The van der Waals surface area contributed by atoms with Crippen molar-refractivity contribution in [1.29, 1.82) is 0 Å². The predicted octanol–water partition coefficient (Wildman–Crippen LogP) is 2.00. The molecule has 0 aliphatic rings. The van der Waals surface area contributed by atoms with Crippen molar-refractivity contribution in [3.63, 3.8) is 0 Å². The van der Waals surface area contributed by atoms with Crippen LogP contribution in [0.3, 0.4) is 0 Å². The zero-order valence-corrected chi connectivity index (χ0v) is 12.5. The molecule has 116 valence electrons. The van der Waals surface area contributed by atoms with Gasteiger partial charge in [-0.25, -0.2) is 0 Å². The number of rotatable bonds is 6. The van der Waals surface area contributed by atoms with Crippen molar-refractivity contribution >= 4 is 17.6 Å². The van der Waals surface area contributed by atoms with Gasteiger partial charge in [0.05, 0.1) is 12.8 Å². The Morgan fingerprint density at radius 1 is 1.27 bits per heavy atom. The molecule has 2 aromatic rings. The van der Waals surface area contributed by atoms with Crippen molar-refractivity contribution in [2.45, 2.75) is 13.3 Å². The van der Waals surface area contributed by atoms with E-state index in [1.54, 1.807) is 12.1 Å². The van der Waals surface area contributed by atoms with E-state index in [0.717, 1.165) is 12.1 Å². The molecule has 0 unspecified atom stereocenters. The summed E-state index contributed by atoms with van der Waals surface area (Å²) in [6.45, 7) is 2.88. The monoisotopic (exact) mass is 300 g/mol. The van der Waals surface area contributed by atoms with Crippen molar-refractivity contribution < 1.29 is 9.21 Å². The van der Waals surface area contributed by atoms with E-state index < -0.39 is 0 Å². The minimum Gasteiger partial charge on any atom is -0.459 e. The van der Waals surface area contributed by atoms with Gasteiger partial charge in [0.1, 0.15) is 0 Å². The number of carbonyl (C=O) groups excluding carboxylic acids is 1. The van der Waals surface area contributed by atoms with Crippen LogP contribution in [0.1, 0.15) is 23.0 Å². The molecular formula is C16H20N4O2. The van der Waals surface area contributed by atoms with Crippen molar-refractivity contribution in [1.82, 2.24) is 5.32 Å². The smallest absolute Gasteiger partial charge is 0.287 e. The first-order valence-electron chi connectivity index (χ1n) is 7.16. The summed E-state index contributed by atoms with van der Waals surface area (Å²) in [5.41, 5.74) is 7.95. The van der Waals surface area contributed by atoms with E-state index in [2.05, 4.69) is 22.5 Å². The van der Waals surface area contributed by atoms with E-state index in [-0.39, 0.29) is 11.7 Å². The molecule has 1 aromatic carbocycles. The van der Waals surface area contributed by atoms with Crippen molar-refractivity contribution in [2.75, 3.05) is 18.4 Å². The second-order valence-corrected chi connectivity index (χ2v) is 4.68. The summed E-state index contributed by atoms with van der Waals surface area (Å²) >= 11 is 0. The molecule has 6 heteroatoms. The van der Waals surface area contributed by atoms with Crippen LogP contribution in [0, 0.1) is 0 Å². The number of hydrogen-bond acceptors (Lipinski definition) is 3. The van der Waals surface area contributed by atoms with Crippen molar-refractivity contribution in [2.24, 2.45) is 10.7 Å². The van der Waals surface area contributed by atoms with Crippen LogP contribution in [0.25, 0.3) is 0 Å². The van der Waals surface area contributed by atoms with Crippen LogP contribution in [0.4, 0.5) is 5.69 Å². The number of aliphatic imine (C=N–C) groups is 1. The van der Waals surface area contributed by atoms with Gasteiger partial charge in [0.15, 0.2) is 11.7 Å². The average molecular weight is 300 g/mol. The van der Waals surface area contributed by atoms with Gasteiger partial charge in [0, 0.05) is 12.2 Å². The molecule has 22 heavy (non-hydrogen) atoms. The highest BCUT2D eigenvalue weighted by molar-refractivity contribution is 5.92. The van der Waals surface area contributed by atoms with Gasteiger partial charge in [-0.2, -0.15) is 0 Å². The molecule has 0 atom stereocenters. The number of amides is 1. The largest absolute Gasteiger partial charge is 0.459 e. The Balaban J connectivity index is 1.74. The number of nitrogens with zero attached hydrogens (tertiary/aromatic N) is 1. The van der Waals surface area contributed by atoms with Gasteiger partial charge in [0.25, 0.3) is 5.91 Å². The number of benzene rings is 1. The number of furan rings is 1. The highest BCUT2D eigenvalue weighted by Gasteiger charge is 2.06. The van der Waals surface area contributed by atoms with Gasteiger partial charge in [0.2, 0.25) is 0 Å². The Labute approximate surface area is 129 Å². The highest BCUT2D eigenvalue weighted by Crippen LogP contribution is 2.09. The number of carbonyl (C=O) groups is 1. The number of aryl methyl sites for hydroxylation is 1. The summed E-state index contributed by atoms with van der Waals surface area (Å²) in [5, 5.41) is 5.70. The molecule has 1 aromatic heterocycles. The van der Waals surface area contributed by atoms with E-state index in [9.17, 15) is 4.79 Å². The van der Waals surface area contributed by atoms with E-state index >= 15 is 0 Å². The molecular weight excluding hydrogens is 280 g/mol. The van der Waals surface area contributed by atoms with Crippen LogP contribution < -0.4 is 16.4 Å². The Kier molecular flexibility index (Phi) is 5.59. The normalized spacial score (nSPS) is 11.2. The fraction of sp³-hybridized carbons (Fsp3) is 0.250. The van der Waals surface area contributed by atoms with E-state index in [1.807, 2.05) is 24.3 Å². The first-order chi connectivity index (χ1) is 10.7.